The third kappa shape index (κ3) is 2.89. The van der Waals surface area contributed by atoms with Crippen molar-refractivity contribution in [1.82, 2.24) is 0 Å². The summed E-state index contributed by atoms with van der Waals surface area (Å²) in [7, 11) is 0. The lowest BCUT2D eigenvalue weighted by atomic mass is 10.1. The fourth-order valence-corrected chi connectivity index (χ4v) is 1.71. The first-order valence-corrected chi connectivity index (χ1v) is 5.68. The first-order chi connectivity index (χ1) is 9.11. The van der Waals surface area contributed by atoms with E-state index < -0.39 is 5.82 Å². The molecule has 0 unspecified atom stereocenters. The van der Waals surface area contributed by atoms with Gasteiger partial charge in [0.15, 0.2) is 0 Å². The van der Waals surface area contributed by atoms with Gasteiger partial charge in [0.05, 0.1) is 0 Å². The Hall–Kier alpha value is -2.41. The summed E-state index contributed by atoms with van der Waals surface area (Å²) in [6.45, 7) is 1.92. The van der Waals surface area contributed by atoms with Crippen molar-refractivity contribution in [1.29, 1.82) is 5.26 Å². The zero-order valence-electron chi connectivity index (χ0n) is 10.3. The Bertz CT molecular complexity index is 647. The van der Waals surface area contributed by atoms with E-state index in [0.717, 1.165) is 11.1 Å². The molecule has 0 aromatic heterocycles. The molecule has 0 heterocycles. The minimum Gasteiger partial charge on any atom is -0.487 e. The van der Waals surface area contributed by atoms with E-state index in [1.807, 2.05) is 0 Å². The van der Waals surface area contributed by atoms with Crippen LogP contribution in [0, 0.1) is 29.9 Å². The molecule has 0 atom stereocenters. The lowest BCUT2D eigenvalue weighted by Crippen LogP contribution is -2.00. The highest BCUT2D eigenvalue weighted by Crippen LogP contribution is 2.22. The highest BCUT2D eigenvalue weighted by Gasteiger charge is 2.09. The minimum atomic E-state index is -0.615. The van der Waals surface area contributed by atoms with Crippen LogP contribution in [-0.2, 0) is 6.61 Å². The molecule has 2 rings (SSSR count). The molecule has 0 fully saturated rings. The van der Waals surface area contributed by atoms with E-state index in [1.165, 1.54) is 30.3 Å². The number of nitrogens with zero attached hydrogens (tertiary/aromatic N) is 1. The molecule has 0 spiro atoms. The van der Waals surface area contributed by atoms with Crippen molar-refractivity contribution in [2.45, 2.75) is 13.5 Å². The molecule has 0 N–H and O–H groups in total. The summed E-state index contributed by atoms with van der Waals surface area (Å²) in [6, 6.07) is 10.3. The van der Waals surface area contributed by atoms with Crippen molar-refractivity contribution < 1.29 is 13.5 Å². The van der Waals surface area contributed by atoms with Crippen LogP contribution in [0.5, 0.6) is 5.75 Å². The highest BCUT2D eigenvalue weighted by molar-refractivity contribution is 5.44. The van der Waals surface area contributed by atoms with Gasteiger partial charge in [-0.1, -0.05) is 12.1 Å². The van der Waals surface area contributed by atoms with Crippen LogP contribution >= 0.6 is 0 Å². The molecular weight excluding hydrogens is 248 g/mol. The van der Waals surface area contributed by atoms with Gasteiger partial charge < -0.3 is 4.74 Å². The monoisotopic (exact) mass is 259 g/mol. The summed E-state index contributed by atoms with van der Waals surface area (Å²) >= 11 is 0. The summed E-state index contributed by atoms with van der Waals surface area (Å²) in [4.78, 5) is 0. The van der Waals surface area contributed by atoms with E-state index in [2.05, 4.69) is 0 Å². The van der Waals surface area contributed by atoms with Crippen LogP contribution in [0.1, 0.15) is 16.7 Å². The Balaban J connectivity index is 2.20. The molecule has 0 aliphatic carbocycles. The van der Waals surface area contributed by atoms with Gasteiger partial charge in [-0.25, -0.2) is 8.78 Å². The average molecular weight is 259 g/mol. The summed E-state index contributed by atoms with van der Waals surface area (Å²) in [5.74, 6) is -0.744. The van der Waals surface area contributed by atoms with Gasteiger partial charge in [0.25, 0.3) is 0 Å². The molecular formula is C15H11F2NO. The molecule has 0 aliphatic rings. The molecule has 2 aromatic carbocycles. The predicted octanol–water partition coefficient (Wildman–Crippen LogP) is 3.72. The van der Waals surface area contributed by atoms with Gasteiger partial charge in [-0.3, -0.25) is 0 Å². The maximum absolute atomic E-state index is 13.4. The molecule has 96 valence electrons. The fraction of sp³-hybridized carbons (Fsp3) is 0.133. The van der Waals surface area contributed by atoms with Crippen LogP contribution in [0.2, 0.25) is 0 Å². The normalized spacial score (nSPS) is 10.0. The standard InChI is InChI=1S/C15H11F2NO/c1-10-7-12(16)6-5-11(10)9-19-15-4-2-3-14(17)13(15)8-18/h2-7H,9H2,1H3. The number of rotatable bonds is 3. The van der Waals surface area contributed by atoms with Crippen molar-refractivity contribution in [3.8, 4) is 11.8 Å². The fourth-order valence-electron chi connectivity index (χ4n) is 1.71. The van der Waals surface area contributed by atoms with Gasteiger partial charge in [0.2, 0.25) is 0 Å². The molecule has 0 saturated heterocycles. The van der Waals surface area contributed by atoms with E-state index in [9.17, 15) is 8.78 Å². The Morgan fingerprint density at radius 1 is 1.21 bits per heavy atom. The first kappa shape index (κ1) is 13.0. The minimum absolute atomic E-state index is 0.123. The second-order valence-electron chi connectivity index (χ2n) is 4.08. The molecule has 19 heavy (non-hydrogen) atoms. The van der Waals surface area contributed by atoms with Gasteiger partial charge in [-0.2, -0.15) is 5.26 Å². The zero-order valence-corrected chi connectivity index (χ0v) is 10.3. The zero-order chi connectivity index (χ0) is 13.8. The van der Waals surface area contributed by atoms with Crippen LogP contribution in [-0.4, -0.2) is 0 Å². The number of hydrogen-bond donors (Lipinski definition) is 0. The van der Waals surface area contributed by atoms with Crippen LogP contribution in [0.4, 0.5) is 8.78 Å². The maximum Gasteiger partial charge on any atom is 0.144 e. The van der Waals surface area contributed by atoms with Crippen LogP contribution in [0.3, 0.4) is 0 Å². The molecule has 0 aliphatic heterocycles. The van der Waals surface area contributed by atoms with Crippen molar-refractivity contribution in [2.75, 3.05) is 0 Å². The van der Waals surface area contributed by atoms with Crippen molar-refractivity contribution in [3.63, 3.8) is 0 Å². The van der Waals surface area contributed by atoms with Crippen molar-refractivity contribution in [3.05, 3.63) is 64.7 Å². The van der Waals surface area contributed by atoms with Crippen LogP contribution in [0.15, 0.2) is 36.4 Å². The van der Waals surface area contributed by atoms with Gasteiger partial charge in [-0.05, 0) is 42.3 Å². The van der Waals surface area contributed by atoms with E-state index in [1.54, 1.807) is 19.1 Å². The van der Waals surface area contributed by atoms with E-state index in [4.69, 9.17) is 10.00 Å². The smallest absolute Gasteiger partial charge is 0.144 e. The van der Waals surface area contributed by atoms with E-state index in [0.29, 0.717) is 0 Å². The van der Waals surface area contributed by atoms with Gasteiger partial charge >= 0.3 is 0 Å². The third-order valence-corrected chi connectivity index (χ3v) is 2.77. The average Bonchev–Trinajstić information content (AvgIpc) is 2.38. The molecule has 2 aromatic rings. The number of halogens is 2. The quantitative estimate of drug-likeness (QED) is 0.841. The van der Waals surface area contributed by atoms with Crippen molar-refractivity contribution in [2.24, 2.45) is 0 Å². The number of ether oxygens (including phenoxy) is 1. The molecule has 0 bridgehead atoms. The lowest BCUT2D eigenvalue weighted by molar-refractivity contribution is 0.302. The summed E-state index contributed by atoms with van der Waals surface area (Å²) < 4.78 is 31.7. The lowest BCUT2D eigenvalue weighted by Gasteiger charge is -2.10. The van der Waals surface area contributed by atoms with Crippen molar-refractivity contribution >= 4 is 0 Å². The second-order valence-corrected chi connectivity index (χ2v) is 4.08. The van der Waals surface area contributed by atoms with Gasteiger partial charge in [0.1, 0.15) is 35.6 Å². The molecule has 4 heteroatoms. The second kappa shape index (κ2) is 5.49. The largest absolute Gasteiger partial charge is 0.487 e. The Morgan fingerprint density at radius 2 is 2.00 bits per heavy atom. The molecule has 0 amide bonds. The number of benzene rings is 2. The SMILES string of the molecule is Cc1cc(F)ccc1COc1cccc(F)c1C#N. The summed E-state index contributed by atoms with van der Waals surface area (Å²) in [6.07, 6.45) is 0. The Labute approximate surface area is 109 Å². The number of hydrogen-bond acceptors (Lipinski definition) is 2. The number of aryl methyl sites for hydroxylation is 1. The Kier molecular flexibility index (Phi) is 3.76. The van der Waals surface area contributed by atoms with Gasteiger partial charge in [0, 0.05) is 0 Å². The molecule has 2 nitrogen and oxygen atoms in total. The van der Waals surface area contributed by atoms with Crippen LogP contribution < -0.4 is 4.74 Å². The third-order valence-electron chi connectivity index (χ3n) is 2.77. The number of nitriles is 1. The molecule has 0 radical (unpaired) electrons. The summed E-state index contributed by atoms with van der Waals surface area (Å²) in [5.41, 5.74) is 1.41. The van der Waals surface area contributed by atoms with Crippen LogP contribution in [0.25, 0.3) is 0 Å². The maximum atomic E-state index is 13.4. The first-order valence-electron chi connectivity index (χ1n) is 5.68. The van der Waals surface area contributed by atoms with E-state index in [-0.39, 0.29) is 23.7 Å². The molecule has 0 saturated carbocycles. The highest BCUT2D eigenvalue weighted by atomic mass is 19.1. The van der Waals surface area contributed by atoms with E-state index >= 15 is 0 Å². The predicted molar refractivity (Wildman–Crippen MR) is 66.6 cm³/mol. The Morgan fingerprint density at radius 3 is 2.68 bits per heavy atom. The topological polar surface area (TPSA) is 33.0 Å². The summed E-state index contributed by atoms with van der Waals surface area (Å²) in [5, 5.41) is 8.87. The van der Waals surface area contributed by atoms with Gasteiger partial charge in [-0.15, -0.1) is 0 Å².